The van der Waals surface area contributed by atoms with Crippen LogP contribution < -0.4 is 10.6 Å². The van der Waals surface area contributed by atoms with Gasteiger partial charge in [0, 0.05) is 33.4 Å². The van der Waals surface area contributed by atoms with Crippen LogP contribution in [0.5, 0.6) is 0 Å². The van der Waals surface area contributed by atoms with E-state index in [2.05, 4.69) is 27.8 Å². The van der Waals surface area contributed by atoms with Crippen LogP contribution in [-0.2, 0) is 22.7 Å². The van der Waals surface area contributed by atoms with Gasteiger partial charge in [-0.15, -0.1) is 24.0 Å². The van der Waals surface area contributed by atoms with Gasteiger partial charge in [-0.3, -0.25) is 4.99 Å². The highest BCUT2D eigenvalue weighted by molar-refractivity contribution is 14.0. The van der Waals surface area contributed by atoms with Gasteiger partial charge < -0.3 is 24.5 Å². The highest BCUT2D eigenvalue weighted by Gasteiger charge is 1.99. The predicted molar refractivity (Wildman–Crippen MR) is 123 cm³/mol. The number of hydrogen-bond acceptors (Lipinski definition) is 4. The fraction of sp³-hybridized carbons (Fsp3) is 0.476. The second-order valence-electron chi connectivity index (χ2n) is 6.16. The third-order valence-electron chi connectivity index (χ3n) is 3.93. The molecule has 0 saturated heterocycles. The molecule has 2 aromatic rings. The number of ether oxygens (including phenoxy) is 2. The summed E-state index contributed by atoms with van der Waals surface area (Å²) in [5, 5.41) is 6.61. The van der Waals surface area contributed by atoms with E-state index in [0.29, 0.717) is 19.8 Å². The topological polar surface area (TPSA) is 68.0 Å². The summed E-state index contributed by atoms with van der Waals surface area (Å²) >= 11 is 0. The summed E-state index contributed by atoms with van der Waals surface area (Å²) in [6.07, 6.45) is 4.64. The second kappa shape index (κ2) is 16.4. The van der Waals surface area contributed by atoms with Gasteiger partial charge in [0.2, 0.25) is 0 Å². The number of aliphatic imine (C=N–C) groups is 1. The van der Waals surface area contributed by atoms with E-state index in [0.717, 1.165) is 50.7 Å². The van der Waals surface area contributed by atoms with E-state index >= 15 is 0 Å². The van der Waals surface area contributed by atoms with Gasteiger partial charge in [0.1, 0.15) is 12.4 Å². The van der Waals surface area contributed by atoms with E-state index in [1.807, 2.05) is 30.3 Å². The lowest BCUT2D eigenvalue weighted by Gasteiger charge is -2.12. The zero-order valence-corrected chi connectivity index (χ0v) is 18.9. The fourth-order valence-electron chi connectivity index (χ4n) is 2.47. The van der Waals surface area contributed by atoms with Gasteiger partial charge in [0.15, 0.2) is 5.96 Å². The number of furan rings is 1. The van der Waals surface area contributed by atoms with Crippen LogP contribution >= 0.6 is 24.0 Å². The summed E-state index contributed by atoms with van der Waals surface area (Å²) in [7, 11) is 1.78. The molecule has 0 aliphatic rings. The monoisotopic (exact) mass is 501 g/mol. The first kappa shape index (κ1) is 24.5. The summed E-state index contributed by atoms with van der Waals surface area (Å²) in [5.74, 6) is 1.68. The maximum absolute atomic E-state index is 5.69. The van der Waals surface area contributed by atoms with Gasteiger partial charge in [-0.2, -0.15) is 0 Å². The molecule has 0 bridgehead atoms. The molecule has 0 unspecified atom stereocenters. The van der Waals surface area contributed by atoms with Crippen LogP contribution in [-0.4, -0.2) is 39.3 Å². The van der Waals surface area contributed by atoms with Crippen molar-refractivity contribution in [3.63, 3.8) is 0 Å². The number of halogens is 1. The Balaban J connectivity index is 0.00000392. The molecule has 1 aromatic carbocycles. The first-order valence-corrected chi connectivity index (χ1v) is 9.55. The highest BCUT2D eigenvalue weighted by atomic mass is 127. The number of benzene rings is 1. The first-order chi connectivity index (χ1) is 13.4. The van der Waals surface area contributed by atoms with Crippen LogP contribution in [0.4, 0.5) is 0 Å². The van der Waals surface area contributed by atoms with Crippen LogP contribution in [0.25, 0.3) is 0 Å². The molecule has 2 rings (SSSR count). The Hall–Kier alpha value is -1.58. The van der Waals surface area contributed by atoms with Crippen molar-refractivity contribution in [3.8, 4) is 0 Å². The maximum atomic E-state index is 5.69. The quantitative estimate of drug-likeness (QED) is 0.188. The first-order valence-electron chi connectivity index (χ1n) is 9.55. The lowest BCUT2D eigenvalue weighted by atomic mass is 10.2. The lowest BCUT2D eigenvalue weighted by Crippen LogP contribution is -2.38. The zero-order valence-electron chi connectivity index (χ0n) is 16.6. The smallest absolute Gasteiger partial charge is 0.190 e. The minimum atomic E-state index is 0. The Morgan fingerprint density at radius 3 is 2.32 bits per heavy atom. The van der Waals surface area contributed by atoms with Crippen molar-refractivity contribution in [1.82, 2.24) is 10.6 Å². The standard InChI is InChI=1S/C21H31N3O3.HI/c1-22-21(24-13-8-15-26-18-20-11-7-16-27-20)23-12-5-6-14-25-17-19-9-3-2-4-10-19;/h2-4,7,9-11,16H,5-6,8,12-15,17-18H2,1H3,(H2,22,23,24);1H. The summed E-state index contributed by atoms with van der Waals surface area (Å²) in [4.78, 5) is 4.23. The largest absolute Gasteiger partial charge is 0.467 e. The second-order valence-corrected chi connectivity index (χ2v) is 6.16. The average Bonchev–Trinajstić information content (AvgIpc) is 3.22. The van der Waals surface area contributed by atoms with Gasteiger partial charge in [-0.05, 0) is 37.0 Å². The SMILES string of the molecule is CN=C(NCCCCOCc1ccccc1)NCCCOCc1ccco1.I. The van der Waals surface area contributed by atoms with Gasteiger partial charge in [0.25, 0.3) is 0 Å². The van der Waals surface area contributed by atoms with Crippen LogP contribution in [0.1, 0.15) is 30.6 Å². The molecule has 0 amide bonds. The average molecular weight is 501 g/mol. The van der Waals surface area contributed by atoms with Crippen LogP contribution in [0.2, 0.25) is 0 Å². The molecule has 0 spiro atoms. The molecule has 0 atom stereocenters. The zero-order chi connectivity index (χ0) is 19.0. The minimum absolute atomic E-state index is 0. The molecule has 0 radical (unpaired) electrons. The number of nitrogens with zero attached hydrogens (tertiary/aromatic N) is 1. The fourth-order valence-corrected chi connectivity index (χ4v) is 2.47. The summed E-state index contributed by atoms with van der Waals surface area (Å²) in [6, 6.07) is 14.0. The molecule has 0 aliphatic heterocycles. The summed E-state index contributed by atoms with van der Waals surface area (Å²) in [6.45, 7) is 4.35. The van der Waals surface area contributed by atoms with Crippen LogP contribution in [0.3, 0.4) is 0 Å². The Morgan fingerprint density at radius 1 is 0.893 bits per heavy atom. The van der Waals surface area contributed by atoms with Gasteiger partial charge in [0.05, 0.1) is 12.9 Å². The molecule has 1 heterocycles. The van der Waals surface area contributed by atoms with Crippen molar-refractivity contribution in [2.45, 2.75) is 32.5 Å². The highest BCUT2D eigenvalue weighted by Crippen LogP contribution is 2.02. The number of hydrogen-bond donors (Lipinski definition) is 2. The van der Waals surface area contributed by atoms with E-state index in [-0.39, 0.29) is 24.0 Å². The summed E-state index contributed by atoms with van der Waals surface area (Å²) < 4.78 is 16.5. The van der Waals surface area contributed by atoms with Crippen molar-refractivity contribution in [1.29, 1.82) is 0 Å². The Kier molecular flexibility index (Phi) is 14.3. The number of unbranched alkanes of at least 4 members (excludes halogenated alkanes) is 1. The molecule has 1 aromatic heterocycles. The summed E-state index contributed by atoms with van der Waals surface area (Å²) in [5.41, 5.74) is 1.22. The molecule has 0 aliphatic carbocycles. The van der Waals surface area contributed by atoms with Crippen molar-refractivity contribution in [2.24, 2.45) is 4.99 Å². The predicted octanol–water partition coefficient (Wildman–Crippen LogP) is 3.97. The van der Waals surface area contributed by atoms with E-state index in [1.165, 1.54) is 5.56 Å². The maximum Gasteiger partial charge on any atom is 0.190 e. The normalized spacial score (nSPS) is 11.1. The van der Waals surface area contributed by atoms with E-state index < -0.39 is 0 Å². The number of guanidine groups is 1. The molecule has 6 nitrogen and oxygen atoms in total. The molecular weight excluding hydrogens is 469 g/mol. The van der Waals surface area contributed by atoms with E-state index in [9.17, 15) is 0 Å². The Morgan fingerprint density at radius 2 is 1.61 bits per heavy atom. The van der Waals surface area contributed by atoms with Crippen LogP contribution in [0.15, 0.2) is 58.1 Å². The number of nitrogens with one attached hydrogen (secondary N) is 2. The molecular formula is C21H32IN3O3. The Bertz CT molecular complexity index is 621. The molecule has 28 heavy (non-hydrogen) atoms. The molecule has 0 saturated carbocycles. The van der Waals surface area contributed by atoms with Gasteiger partial charge in [-0.25, -0.2) is 0 Å². The van der Waals surface area contributed by atoms with E-state index in [1.54, 1.807) is 13.3 Å². The van der Waals surface area contributed by atoms with Gasteiger partial charge >= 0.3 is 0 Å². The van der Waals surface area contributed by atoms with Gasteiger partial charge in [-0.1, -0.05) is 30.3 Å². The molecule has 0 fully saturated rings. The lowest BCUT2D eigenvalue weighted by molar-refractivity contribution is 0.105. The van der Waals surface area contributed by atoms with Crippen molar-refractivity contribution < 1.29 is 13.9 Å². The van der Waals surface area contributed by atoms with Crippen molar-refractivity contribution in [3.05, 3.63) is 60.1 Å². The van der Waals surface area contributed by atoms with Crippen molar-refractivity contribution >= 4 is 29.9 Å². The van der Waals surface area contributed by atoms with Crippen molar-refractivity contribution in [2.75, 3.05) is 33.4 Å². The van der Waals surface area contributed by atoms with Crippen LogP contribution in [0, 0.1) is 0 Å². The molecule has 156 valence electrons. The minimum Gasteiger partial charge on any atom is -0.467 e. The molecule has 7 heteroatoms. The van der Waals surface area contributed by atoms with E-state index in [4.69, 9.17) is 13.9 Å². The third kappa shape index (κ3) is 11.3. The number of rotatable bonds is 13. The Labute approximate surface area is 185 Å². The molecule has 2 N–H and O–H groups in total. The third-order valence-corrected chi connectivity index (χ3v) is 3.93.